The number of hydrogen-bond acceptors (Lipinski definition) is 6. The van der Waals surface area contributed by atoms with Crippen LogP contribution in [0.1, 0.15) is 13.8 Å². The second-order valence-electron chi connectivity index (χ2n) is 4.46. The summed E-state index contributed by atoms with van der Waals surface area (Å²) in [5.74, 6) is -0.798. The van der Waals surface area contributed by atoms with Gasteiger partial charge in [0.2, 0.25) is 0 Å². The van der Waals surface area contributed by atoms with E-state index in [4.69, 9.17) is 4.74 Å². The van der Waals surface area contributed by atoms with Crippen molar-refractivity contribution in [3.63, 3.8) is 0 Å². The SMILES string of the molecule is CCOC(=O)C(C)=NNc1ccc(N2C(=O)CNC2=O)cc1. The van der Waals surface area contributed by atoms with E-state index in [1.54, 1.807) is 31.2 Å². The van der Waals surface area contributed by atoms with Crippen LogP contribution in [-0.4, -0.2) is 36.8 Å². The molecule has 0 radical (unpaired) electrons. The van der Waals surface area contributed by atoms with Gasteiger partial charge in [-0.3, -0.25) is 10.2 Å². The van der Waals surface area contributed by atoms with Crippen LogP contribution in [0.4, 0.5) is 16.2 Å². The molecule has 0 aliphatic carbocycles. The molecule has 0 atom stereocenters. The number of nitrogens with zero attached hydrogens (tertiary/aromatic N) is 2. The number of rotatable bonds is 5. The van der Waals surface area contributed by atoms with E-state index < -0.39 is 12.0 Å². The van der Waals surface area contributed by atoms with Gasteiger partial charge in [-0.25, -0.2) is 14.5 Å². The number of amides is 3. The van der Waals surface area contributed by atoms with Crippen molar-refractivity contribution in [3.05, 3.63) is 24.3 Å². The fraction of sp³-hybridized carbons (Fsp3) is 0.286. The Morgan fingerprint density at radius 2 is 2.05 bits per heavy atom. The number of hydrazone groups is 1. The Hall–Kier alpha value is -2.90. The van der Waals surface area contributed by atoms with Gasteiger partial charge in [0, 0.05) is 0 Å². The molecule has 0 bridgehead atoms. The lowest BCUT2D eigenvalue weighted by Crippen LogP contribution is -2.30. The molecule has 1 saturated heterocycles. The van der Waals surface area contributed by atoms with E-state index >= 15 is 0 Å². The molecular formula is C14H16N4O4. The van der Waals surface area contributed by atoms with Crippen molar-refractivity contribution < 1.29 is 19.1 Å². The first-order valence-corrected chi connectivity index (χ1v) is 6.71. The van der Waals surface area contributed by atoms with Gasteiger partial charge < -0.3 is 10.1 Å². The number of hydrogen-bond donors (Lipinski definition) is 2. The predicted octanol–water partition coefficient (Wildman–Crippen LogP) is 1.09. The van der Waals surface area contributed by atoms with Crippen LogP contribution >= 0.6 is 0 Å². The van der Waals surface area contributed by atoms with Crippen molar-refractivity contribution in [2.75, 3.05) is 23.5 Å². The molecule has 1 aromatic carbocycles. The lowest BCUT2D eigenvalue weighted by atomic mass is 10.2. The standard InChI is InChI=1S/C14H16N4O4/c1-3-22-13(20)9(2)16-17-10-4-6-11(7-5-10)18-12(19)8-15-14(18)21/h4-7,17H,3,8H2,1-2H3,(H,15,21). The van der Waals surface area contributed by atoms with Gasteiger partial charge in [0.05, 0.1) is 24.5 Å². The maximum Gasteiger partial charge on any atom is 0.354 e. The number of anilines is 2. The first-order chi connectivity index (χ1) is 10.5. The summed E-state index contributed by atoms with van der Waals surface area (Å²) in [6.07, 6.45) is 0. The molecule has 0 unspecified atom stereocenters. The van der Waals surface area contributed by atoms with E-state index in [0.717, 1.165) is 4.90 Å². The molecule has 1 heterocycles. The summed E-state index contributed by atoms with van der Waals surface area (Å²) >= 11 is 0. The number of carbonyl (C=O) groups excluding carboxylic acids is 3. The van der Waals surface area contributed by atoms with Crippen molar-refractivity contribution in [2.45, 2.75) is 13.8 Å². The molecule has 0 saturated carbocycles. The second-order valence-corrected chi connectivity index (χ2v) is 4.46. The first kappa shape index (κ1) is 15.5. The molecule has 22 heavy (non-hydrogen) atoms. The summed E-state index contributed by atoms with van der Waals surface area (Å²) in [6.45, 7) is 3.54. The zero-order chi connectivity index (χ0) is 16.1. The average molecular weight is 304 g/mol. The number of carbonyl (C=O) groups is 3. The van der Waals surface area contributed by atoms with Crippen molar-refractivity contribution in [3.8, 4) is 0 Å². The first-order valence-electron chi connectivity index (χ1n) is 6.71. The zero-order valence-corrected chi connectivity index (χ0v) is 12.3. The number of esters is 1. The van der Waals surface area contributed by atoms with Gasteiger partial charge in [0.15, 0.2) is 0 Å². The minimum atomic E-state index is -0.494. The van der Waals surface area contributed by atoms with Gasteiger partial charge >= 0.3 is 12.0 Å². The lowest BCUT2D eigenvalue weighted by Gasteiger charge is -2.12. The molecule has 1 aliphatic rings. The van der Waals surface area contributed by atoms with Gasteiger partial charge in [-0.2, -0.15) is 5.10 Å². The van der Waals surface area contributed by atoms with Crippen LogP contribution in [0, 0.1) is 0 Å². The normalized spacial score (nSPS) is 14.8. The van der Waals surface area contributed by atoms with E-state index in [9.17, 15) is 14.4 Å². The lowest BCUT2D eigenvalue weighted by molar-refractivity contribution is -0.135. The van der Waals surface area contributed by atoms with Crippen LogP contribution in [0.15, 0.2) is 29.4 Å². The Morgan fingerprint density at radius 3 is 2.59 bits per heavy atom. The molecule has 2 rings (SSSR count). The smallest absolute Gasteiger partial charge is 0.354 e. The fourth-order valence-corrected chi connectivity index (χ4v) is 1.80. The number of benzene rings is 1. The van der Waals surface area contributed by atoms with E-state index in [2.05, 4.69) is 15.8 Å². The Kier molecular flexibility index (Phi) is 4.72. The third-order valence-electron chi connectivity index (χ3n) is 2.89. The molecular weight excluding hydrogens is 288 g/mol. The summed E-state index contributed by atoms with van der Waals surface area (Å²) < 4.78 is 4.80. The zero-order valence-electron chi connectivity index (χ0n) is 12.3. The van der Waals surface area contributed by atoms with E-state index in [-0.39, 0.29) is 24.8 Å². The fourth-order valence-electron chi connectivity index (χ4n) is 1.80. The van der Waals surface area contributed by atoms with Gasteiger partial charge in [-0.1, -0.05) is 0 Å². The number of urea groups is 1. The van der Waals surface area contributed by atoms with Crippen molar-refractivity contribution in [2.24, 2.45) is 5.10 Å². The topological polar surface area (TPSA) is 100 Å². The third kappa shape index (κ3) is 3.40. The summed E-state index contributed by atoms with van der Waals surface area (Å²) in [6, 6.07) is 6.08. The molecule has 8 nitrogen and oxygen atoms in total. The highest BCUT2D eigenvalue weighted by atomic mass is 16.5. The van der Waals surface area contributed by atoms with Crippen LogP contribution in [-0.2, 0) is 14.3 Å². The van der Waals surface area contributed by atoms with Crippen LogP contribution in [0.2, 0.25) is 0 Å². The van der Waals surface area contributed by atoms with Crippen molar-refractivity contribution in [1.29, 1.82) is 0 Å². The van der Waals surface area contributed by atoms with E-state index in [1.807, 2.05) is 0 Å². The average Bonchev–Trinajstić information content (AvgIpc) is 2.85. The van der Waals surface area contributed by atoms with Gasteiger partial charge in [0.1, 0.15) is 5.71 Å². The second kappa shape index (κ2) is 6.70. The van der Waals surface area contributed by atoms with E-state index in [1.165, 1.54) is 6.92 Å². The third-order valence-corrected chi connectivity index (χ3v) is 2.89. The molecule has 3 amide bonds. The Labute approximate surface area is 127 Å². The molecule has 116 valence electrons. The molecule has 0 aromatic heterocycles. The van der Waals surface area contributed by atoms with Crippen LogP contribution in [0.25, 0.3) is 0 Å². The highest BCUT2D eigenvalue weighted by Crippen LogP contribution is 2.20. The summed E-state index contributed by atoms with van der Waals surface area (Å²) in [5.41, 5.74) is 3.98. The summed E-state index contributed by atoms with van der Waals surface area (Å²) in [4.78, 5) is 35.6. The van der Waals surface area contributed by atoms with Gasteiger partial charge in [-0.05, 0) is 38.1 Å². The molecule has 1 aliphatic heterocycles. The Bertz CT molecular complexity index is 608. The molecule has 2 N–H and O–H groups in total. The number of ether oxygens (including phenoxy) is 1. The molecule has 1 aromatic rings. The minimum absolute atomic E-state index is 0.00185. The number of imide groups is 1. The Morgan fingerprint density at radius 1 is 1.36 bits per heavy atom. The monoisotopic (exact) mass is 304 g/mol. The van der Waals surface area contributed by atoms with Crippen molar-refractivity contribution >= 4 is 35.0 Å². The summed E-state index contributed by atoms with van der Waals surface area (Å²) in [7, 11) is 0. The van der Waals surface area contributed by atoms with Crippen LogP contribution in [0.5, 0.6) is 0 Å². The number of nitrogens with one attached hydrogen (secondary N) is 2. The quantitative estimate of drug-likeness (QED) is 0.367. The molecule has 8 heteroatoms. The van der Waals surface area contributed by atoms with Gasteiger partial charge in [0.25, 0.3) is 5.91 Å². The van der Waals surface area contributed by atoms with Crippen molar-refractivity contribution in [1.82, 2.24) is 5.32 Å². The maximum absolute atomic E-state index is 11.6. The predicted molar refractivity (Wildman–Crippen MR) is 80.7 cm³/mol. The minimum Gasteiger partial charge on any atom is -0.461 e. The summed E-state index contributed by atoms with van der Waals surface area (Å²) in [5, 5.41) is 6.35. The van der Waals surface area contributed by atoms with Crippen LogP contribution in [0.3, 0.4) is 0 Å². The molecule has 1 fully saturated rings. The van der Waals surface area contributed by atoms with Gasteiger partial charge in [-0.15, -0.1) is 0 Å². The Balaban J connectivity index is 2.03. The van der Waals surface area contributed by atoms with E-state index in [0.29, 0.717) is 11.4 Å². The highest BCUT2D eigenvalue weighted by molar-refractivity contribution is 6.35. The maximum atomic E-state index is 11.6. The van der Waals surface area contributed by atoms with Crippen LogP contribution < -0.4 is 15.6 Å². The highest BCUT2D eigenvalue weighted by Gasteiger charge is 2.29. The molecule has 0 spiro atoms. The largest absolute Gasteiger partial charge is 0.461 e.